The number of hydrogen-bond donors (Lipinski definition) is 1. The molecule has 2 aromatic rings. The summed E-state index contributed by atoms with van der Waals surface area (Å²) in [5.74, 6) is -0.468. The molecule has 0 radical (unpaired) electrons. The quantitative estimate of drug-likeness (QED) is 0.907. The van der Waals surface area contributed by atoms with Crippen LogP contribution in [0.15, 0.2) is 57.9 Å². The van der Waals surface area contributed by atoms with Crippen LogP contribution in [-0.2, 0) is 10.0 Å². The van der Waals surface area contributed by atoms with Gasteiger partial charge >= 0.3 is 0 Å². The predicted octanol–water partition coefficient (Wildman–Crippen LogP) is 3.63. The van der Waals surface area contributed by atoms with E-state index in [9.17, 15) is 12.8 Å². The molecule has 0 bridgehead atoms. The first-order valence-corrected chi connectivity index (χ1v) is 8.19. The minimum absolute atomic E-state index is 0.0443. The molecule has 0 aromatic heterocycles. The van der Waals surface area contributed by atoms with E-state index in [0.29, 0.717) is 0 Å². The van der Waals surface area contributed by atoms with Gasteiger partial charge in [0.05, 0.1) is 4.90 Å². The number of rotatable bonds is 4. The van der Waals surface area contributed by atoms with Gasteiger partial charge in [-0.15, -0.1) is 0 Å². The van der Waals surface area contributed by atoms with Crippen molar-refractivity contribution in [2.45, 2.75) is 17.9 Å². The Morgan fingerprint density at radius 3 is 2.15 bits per heavy atom. The fourth-order valence-corrected chi connectivity index (χ4v) is 3.23. The van der Waals surface area contributed by atoms with Crippen LogP contribution in [0.1, 0.15) is 18.5 Å². The van der Waals surface area contributed by atoms with Gasteiger partial charge < -0.3 is 0 Å². The van der Waals surface area contributed by atoms with Crippen LogP contribution in [0.5, 0.6) is 0 Å². The van der Waals surface area contributed by atoms with Crippen molar-refractivity contribution in [3.05, 3.63) is 64.4 Å². The Morgan fingerprint density at radius 1 is 1.05 bits per heavy atom. The lowest BCUT2D eigenvalue weighted by molar-refractivity contribution is 0.566. The van der Waals surface area contributed by atoms with E-state index in [-0.39, 0.29) is 10.9 Å². The number of sulfonamides is 1. The fraction of sp³-hybridized carbons (Fsp3) is 0.143. The number of halogens is 2. The molecular formula is C14H13BrFNO2S. The topological polar surface area (TPSA) is 46.2 Å². The molecule has 20 heavy (non-hydrogen) atoms. The Labute approximate surface area is 126 Å². The second-order valence-electron chi connectivity index (χ2n) is 4.35. The molecule has 0 saturated heterocycles. The average Bonchev–Trinajstić information content (AvgIpc) is 2.39. The zero-order valence-corrected chi connectivity index (χ0v) is 13.1. The lowest BCUT2D eigenvalue weighted by Crippen LogP contribution is -2.26. The minimum Gasteiger partial charge on any atom is -0.207 e. The van der Waals surface area contributed by atoms with Gasteiger partial charge in [-0.25, -0.2) is 17.5 Å². The van der Waals surface area contributed by atoms with Crippen molar-refractivity contribution in [3.63, 3.8) is 0 Å². The highest BCUT2D eigenvalue weighted by atomic mass is 79.9. The number of nitrogens with one attached hydrogen (secondary N) is 1. The van der Waals surface area contributed by atoms with E-state index in [1.54, 1.807) is 6.92 Å². The van der Waals surface area contributed by atoms with Gasteiger partial charge in [-0.3, -0.25) is 0 Å². The molecule has 3 nitrogen and oxygen atoms in total. The van der Waals surface area contributed by atoms with Crippen LogP contribution in [0.4, 0.5) is 4.39 Å². The van der Waals surface area contributed by atoms with Crippen molar-refractivity contribution in [2.24, 2.45) is 0 Å². The summed E-state index contributed by atoms with van der Waals surface area (Å²) in [6.45, 7) is 1.75. The molecule has 2 rings (SSSR count). The third-order valence-electron chi connectivity index (χ3n) is 2.83. The summed E-state index contributed by atoms with van der Waals surface area (Å²) in [7, 11) is -3.66. The third kappa shape index (κ3) is 3.65. The molecule has 0 aliphatic heterocycles. The first kappa shape index (κ1) is 15.2. The second-order valence-corrected chi connectivity index (χ2v) is 6.98. The average molecular weight is 358 g/mol. The molecule has 0 aliphatic carbocycles. The molecule has 2 aromatic carbocycles. The Balaban J connectivity index is 2.19. The lowest BCUT2D eigenvalue weighted by atomic mass is 10.1. The summed E-state index contributed by atoms with van der Waals surface area (Å²) in [5.41, 5.74) is 0.846. The first-order valence-electron chi connectivity index (χ1n) is 5.92. The smallest absolute Gasteiger partial charge is 0.207 e. The maximum atomic E-state index is 12.8. The zero-order valence-electron chi connectivity index (χ0n) is 10.7. The van der Waals surface area contributed by atoms with Crippen LogP contribution in [-0.4, -0.2) is 8.42 Å². The van der Waals surface area contributed by atoms with Crippen LogP contribution in [0.25, 0.3) is 0 Å². The highest BCUT2D eigenvalue weighted by Gasteiger charge is 2.18. The van der Waals surface area contributed by atoms with Crippen LogP contribution in [0.2, 0.25) is 0 Å². The largest absolute Gasteiger partial charge is 0.241 e. The van der Waals surface area contributed by atoms with Crippen LogP contribution < -0.4 is 4.72 Å². The molecule has 1 atom stereocenters. The van der Waals surface area contributed by atoms with Gasteiger partial charge in [0.15, 0.2) is 0 Å². The van der Waals surface area contributed by atoms with E-state index in [2.05, 4.69) is 20.7 Å². The molecule has 0 saturated carbocycles. The lowest BCUT2D eigenvalue weighted by Gasteiger charge is -2.14. The van der Waals surface area contributed by atoms with Gasteiger partial charge in [0.2, 0.25) is 10.0 Å². The van der Waals surface area contributed by atoms with Gasteiger partial charge in [0, 0.05) is 10.5 Å². The minimum atomic E-state index is -3.66. The van der Waals surface area contributed by atoms with E-state index >= 15 is 0 Å². The highest BCUT2D eigenvalue weighted by molar-refractivity contribution is 9.10. The summed E-state index contributed by atoms with van der Waals surface area (Å²) < 4.78 is 40.6. The Bertz CT molecular complexity index is 684. The Kier molecular flexibility index (Phi) is 4.57. The normalized spacial score (nSPS) is 13.2. The van der Waals surface area contributed by atoms with Crippen molar-refractivity contribution >= 4 is 26.0 Å². The molecule has 0 heterocycles. The van der Waals surface area contributed by atoms with E-state index in [0.717, 1.165) is 22.2 Å². The van der Waals surface area contributed by atoms with E-state index in [1.807, 2.05) is 24.3 Å². The maximum absolute atomic E-state index is 12.8. The summed E-state index contributed by atoms with van der Waals surface area (Å²) in [4.78, 5) is 0.0443. The van der Waals surface area contributed by atoms with Crippen molar-refractivity contribution in [3.8, 4) is 0 Å². The zero-order chi connectivity index (χ0) is 14.8. The van der Waals surface area contributed by atoms with Crippen molar-refractivity contribution < 1.29 is 12.8 Å². The summed E-state index contributed by atoms with van der Waals surface area (Å²) in [5, 5.41) is 0. The number of hydrogen-bond acceptors (Lipinski definition) is 2. The van der Waals surface area contributed by atoms with E-state index < -0.39 is 15.8 Å². The highest BCUT2D eigenvalue weighted by Crippen LogP contribution is 2.19. The van der Waals surface area contributed by atoms with Gasteiger partial charge in [-0.05, 0) is 48.9 Å². The van der Waals surface area contributed by atoms with Gasteiger partial charge in [-0.2, -0.15) is 0 Å². The van der Waals surface area contributed by atoms with Crippen LogP contribution in [0.3, 0.4) is 0 Å². The van der Waals surface area contributed by atoms with Crippen LogP contribution >= 0.6 is 15.9 Å². The summed E-state index contributed by atoms with van der Waals surface area (Å²) >= 11 is 3.33. The van der Waals surface area contributed by atoms with Gasteiger partial charge in [0.25, 0.3) is 0 Å². The molecule has 0 spiro atoms. The first-order chi connectivity index (χ1) is 9.38. The van der Waals surface area contributed by atoms with E-state index in [1.165, 1.54) is 12.1 Å². The Hall–Kier alpha value is -1.24. The molecular weight excluding hydrogens is 345 g/mol. The maximum Gasteiger partial charge on any atom is 0.241 e. The second kappa shape index (κ2) is 6.03. The van der Waals surface area contributed by atoms with Gasteiger partial charge in [-0.1, -0.05) is 28.1 Å². The molecule has 6 heteroatoms. The van der Waals surface area contributed by atoms with Crippen molar-refractivity contribution in [2.75, 3.05) is 0 Å². The molecule has 0 fully saturated rings. The SMILES string of the molecule is C[C@@H](NS(=O)(=O)c1ccc(F)cc1)c1ccc(Br)cc1. The predicted molar refractivity (Wildman–Crippen MR) is 79.3 cm³/mol. The van der Waals surface area contributed by atoms with Crippen molar-refractivity contribution in [1.29, 1.82) is 0 Å². The molecule has 0 aliphatic rings. The summed E-state index contributed by atoms with van der Waals surface area (Å²) in [6, 6.07) is 11.7. The molecule has 0 amide bonds. The van der Waals surface area contributed by atoms with Gasteiger partial charge in [0.1, 0.15) is 5.82 Å². The molecule has 0 unspecified atom stereocenters. The monoisotopic (exact) mass is 357 g/mol. The standard InChI is InChI=1S/C14H13BrFNO2S/c1-10(11-2-4-12(15)5-3-11)17-20(18,19)14-8-6-13(16)7-9-14/h2-10,17H,1H3/t10-/m1/s1. The van der Waals surface area contributed by atoms with Crippen molar-refractivity contribution in [1.82, 2.24) is 4.72 Å². The summed E-state index contributed by atoms with van der Waals surface area (Å²) in [6.07, 6.45) is 0. The Morgan fingerprint density at radius 2 is 1.60 bits per heavy atom. The fourth-order valence-electron chi connectivity index (χ4n) is 1.73. The molecule has 106 valence electrons. The van der Waals surface area contributed by atoms with Crippen LogP contribution in [0, 0.1) is 5.82 Å². The van der Waals surface area contributed by atoms with E-state index in [4.69, 9.17) is 0 Å². The third-order valence-corrected chi connectivity index (χ3v) is 4.91. The number of benzene rings is 2. The molecule has 1 N–H and O–H groups in total.